The molecule has 0 bridgehead atoms. The minimum absolute atomic E-state index is 0.614. The lowest BCUT2D eigenvalue weighted by Gasteiger charge is -2.17. The quantitative estimate of drug-likeness (QED) is 0.437. The van der Waals surface area contributed by atoms with Gasteiger partial charge in [-0.3, -0.25) is 9.89 Å². The topological polar surface area (TPSA) is 67.4 Å². The Morgan fingerprint density at radius 2 is 1.56 bits per heavy atom. The van der Waals surface area contributed by atoms with Crippen LogP contribution in [0, 0.1) is 0 Å². The van der Waals surface area contributed by atoms with Crippen molar-refractivity contribution >= 4 is 5.96 Å². The Bertz CT molecular complexity index is 878. The largest absolute Gasteiger partial charge is 0.493 e. The molecule has 0 amide bonds. The maximum atomic E-state index is 5.57. The van der Waals surface area contributed by atoms with Crippen molar-refractivity contribution < 1.29 is 14.2 Å². The first kappa shape index (κ1) is 23.7. The van der Waals surface area contributed by atoms with E-state index in [2.05, 4.69) is 44.8 Å². The van der Waals surface area contributed by atoms with Gasteiger partial charge in [-0.15, -0.1) is 0 Å². The molecule has 1 aliphatic heterocycles. The number of likely N-dealkylation sites (tertiary alicyclic amines) is 1. The first-order chi connectivity index (χ1) is 15.7. The van der Waals surface area contributed by atoms with Crippen LogP contribution in [0.15, 0.2) is 41.4 Å². The Morgan fingerprint density at radius 1 is 0.875 bits per heavy atom. The van der Waals surface area contributed by atoms with Gasteiger partial charge >= 0.3 is 0 Å². The van der Waals surface area contributed by atoms with Crippen molar-refractivity contribution in [2.24, 2.45) is 4.99 Å². The highest BCUT2D eigenvalue weighted by Gasteiger charge is 2.15. The van der Waals surface area contributed by atoms with Gasteiger partial charge in [-0.25, -0.2) is 0 Å². The lowest BCUT2D eigenvalue weighted by atomic mass is 10.1. The zero-order chi connectivity index (χ0) is 22.8. The molecule has 7 heteroatoms. The van der Waals surface area contributed by atoms with E-state index in [0.717, 1.165) is 31.0 Å². The highest BCUT2D eigenvalue weighted by Crippen LogP contribution is 2.39. The molecule has 32 heavy (non-hydrogen) atoms. The Kier molecular flexibility index (Phi) is 9.04. The molecule has 0 radical (unpaired) electrons. The smallest absolute Gasteiger partial charge is 0.203 e. The van der Waals surface area contributed by atoms with Crippen LogP contribution < -0.4 is 24.8 Å². The van der Waals surface area contributed by atoms with Crippen molar-refractivity contribution in [3.8, 4) is 17.2 Å². The number of ether oxygens (including phenoxy) is 3. The van der Waals surface area contributed by atoms with Crippen molar-refractivity contribution in [2.45, 2.75) is 32.4 Å². The molecule has 174 valence electrons. The van der Waals surface area contributed by atoms with Gasteiger partial charge in [0, 0.05) is 32.2 Å². The number of methoxy groups -OCH3 is 3. The maximum Gasteiger partial charge on any atom is 0.203 e. The second kappa shape index (κ2) is 12.2. The molecule has 0 aliphatic carbocycles. The molecule has 2 aromatic carbocycles. The molecule has 0 unspecified atom stereocenters. The Morgan fingerprint density at radius 3 is 2.19 bits per heavy atom. The molecular weight excluding hydrogens is 404 g/mol. The van der Waals surface area contributed by atoms with Gasteiger partial charge in [0.05, 0.1) is 21.3 Å². The van der Waals surface area contributed by atoms with E-state index in [1.165, 1.54) is 37.1 Å². The van der Waals surface area contributed by atoms with Gasteiger partial charge < -0.3 is 24.8 Å². The van der Waals surface area contributed by atoms with E-state index in [0.29, 0.717) is 23.8 Å². The number of nitrogens with zero attached hydrogens (tertiary/aromatic N) is 2. The average Bonchev–Trinajstić information content (AvgIpc) is 3.34. The summed E-state index contributed by atoms with van der Waals surface area (Å²) in [6, 6.07) is 12.8. The van der Waals surface area contributed by atoms with Crippen molar-refractivity contribution in [2.75, 3.05) is 48.0 Å². The van der Waals surface area contributed by atoms with E-state index in [-0.39, 0.29) is 0 Å². The van der Waals surface area contributed by atoms with E-state index in [1.54, 1.807) is 28.4 Å². The fourth-order valence-electron chi connectivity index (χ4n) is 4.04. The maximum absolute atomic E-state index is 5.57. The van der Waals surface area contributed by atoms with E-state index in [4.69, 9.17) is 14.2 Å². The molecular formula is C25H36N4O3. The fourth-order valence-corrected chi connectivity index (χ4v) is 4.04. The number of guanidine groups is 1. The highest BCUT2D eigenvalue weighted by molar-refractivity contribution is 5.79. The molecule has 3 rings (SSSR count). The molecule has 2 aromatic rings. The van der Waals surface area contributed by atoms with Crippen LogP contribution in [-0.4, -0.2) is 58.9 Å². The van der Waals surface area contributed by atoms with Crippen LogP contribution in [-0.2, 0) is 19.5 Å². The Balaban J connectivity index is 1.48. The van der Waals surface area contributed by atoms with Crippen LogP contribution in [0.5, 0.6) is 17.2 Å². The van der Waals surface area contributed by atoms with E-state index >= 15 is 0 Å². The number of rotatable bonds is 10. The van der Waals surface area contributed by atoms with E-state index in [1.807, 2.05) is 12.1 Å². The van der Waals surface area contributed by atoms with Gasteiger partial charge in [0.2, 0.25) is 5.75 Å². The first-order valence-electron chi connectivity index (χ1n) is 11.2. The molecule has 2 N–H and O–H groups in total. The van der Waals surface area contributed by atoms with Crippen LogP contribution in [0.2, 0.25) is 0 Å². The summed E-state index contributed by atoms with van der Waals surface area (Å²) < 4.78 is 16.4. The van der Waals surface area contributed by atoms with Crippen molar-refractivity contribution in [3.63, 3.8) is 0 Å². The molecule has 0 aromatic heterocycles. The second-order valence-corrected chi connectivity index (χ2v) is 7.90. The fraction of sp³-hybridized carbons (Fsp3) is 0.480. The van der Waals surface area contributed by atoms with Crippen molar-refractivity contribution in [1.82, 2.24) is 15.5 Å². The Hall–Kier alpha value is -2.93. The lowest BCUT2D eigenvalue weighted by molar-refractivity contribution is 0.322. The molecule has 7 nitrogen and oxygen atoms in total. The van der Waals surface area contributed by atoms with Gasteiger partial charge in [0.25, 0.3) is 0 Å². The lowest BCUT2D eigenvalue weighted by Crippen LogP contribution is -2.37. The summed E-state index contributed by atoms with van der Waals surface area (Å²) >= 11 is 0. The van der Waals surface area contributed by atoms with Crippen LogP contribution in [0.3, 0.4) is 0 Å². The van der Waals surface area contributed by atoms with Crippen LogP contribution in [0.25, 0.3) is 0 Å². The van der Waals surface area contributed by atoms with Gasteiger partial charge in [-0.1, -0.05) is 30.3 Å². The third-order valence-electron chi connectivity index (χ3n) is 5.78. The summed E-state index contributed by atoms with van der Waals surface area (Å²) in [4.78, 5) is 6.86. The zero-order valence-electron chi connectivity index (χ0n) is 19.7. The van der Waals surface area contributed by atoms with Gasteiger partial charge in [-0.2, -0.15) is 0 Å². The van der Waals surface area contributed by atoms with Gasteiger partial charge in [-0.05, 0) is 49.5 Å². The number of hydrogen-bond donors (Lipinski definition) is 2. The standard InChI is InChI=1S/C25H36N4O3/c1-26-25(27-14-13-21-11-12-22(30-2)24(32-4)23(21)31-3)28-17-19-7-9-20(10-8-19)18-29-15-5-6-16-29/h7-12H,5-6,13-18H2,1-4H3,(H2,26,27,28). The zero-order valence-corrected chi connectivity index (χ0v) is 19.7. The summed E-state index contributed by atoms with van der Waals surface area (Å²) in [5.41, 5.74) is 3.66. The second-order valence-electron chi connectivity index (χ2n) is 7.90. The minimum atomic E-state index is 0.614. The normalized spacial score (nSPS) is 14.3. The van der Waals surface area contributed by atoms with Crippen molar-refractivity contribution in [3.05, 3.63) is 53.1 Å². The van der Waals surface area contributed by atoms with E-state index in [9.17, 15) is 0 Å². The molecule has 0 saturated carbocycles. The molecule has 0 atom stereocenters. The number of nitrogens with one attached hydrogen (secondary N) is 2. The van der Waals surface area contributed by atoms with Crippen LogP contribution >= 0.6 is 0 Å². The third kappa shape index (κ3) is 6.29. The minimum Gasteiger partial charge on any atom is -0.493 e. The SMILES string of the molecule is CN=C(NCCc1ccc(OC)c(OC)c1OC)NCc1ccc(CN2CCCC2)cc1. The predicted octanol–water partition coefficient (Wildman–Crippen LogP) is 3.22. The average molecular weight is 441 g/mol. The van der Waals surface area contributed by atoms with Crippen LogP contribution in [0.1, 0.15) is 29.5 Å². The summed E-state index contributed by atoms with van der Waals surface area (Å²) in [7, 11) is 6.67. The summed E-state index contributed by atoms with van der Waals surface area (Å²) in [5, 5.41) is 6.76. The number of hydrogen-bond acceptors (Lipinski definition) is 5. The van der Waals surface area contributed by atoms with E-state index < -0.39 is 0 Å². The van der Waals surface area contributed by atoms with Gasteiger partial charge in [0.1, 0.15) is 0 Å². The first-order valence-corrected chi connectivity index (χ1v) is 11.2. The molecule has 1 aliphatic rings. The monoisotopic (exact) mass is 440 g/mol. The third-order valence-corrected chi connectivity index (χ3v) is 5.78. The Labute approximate surface area is 191 Å². The number of aliphatic imine (C=N–C) groups is 1. The summed E-state index contributed by atoms with van der Waals surface area (Å²) in [6.07, 6.45) is 3.41. The molecule has 0 spiro atoms. The molecule has 1 saturated heterocycles. The molecule has 1 heterocycles. The number of benzene rings is 2. The van der Waals surface area contributed by atoms with Gasteiger partial charge in [0.15, 0.2) is 17.5 Å². The highest BCUT2D eigenvalue weighted by atomic mass is 16.5. The van der Waals surface area contributed by atoms with Crippen LogP contribution in [0.4, 0.5) is 0 Å². The van der Waals surface area contributed by atoms with Crippen molar-refractivity contribution in [1.29, 1.82) is 0 Å². The predicted molar refractivity (Wildman–Crippen MR) is 129 cm³/mol. The summed E-state index contributed by atoms with van der Waals surface area (Å²) in [6.45, 7) is 4.93. The summed E-state index contributed by atoms with van der Waals surface area (Å²) in [5.74, 6) is 2.74. The molecule has 1 fully saturated rings.